The van der Waals surface area contributed by atoms with Crippen LogP contribution in [-0.2, 0) is 0 Å². The Labute approximate surface area is 121 Å². The minimum Gasteiger partial charge on any atom is -0.491 e. The third kappa shape index (κ3) is 2.23. The number of rotatable bonds is 3. The second-order valence-corrected chi connectivity index (χ2v) is 4.94. The van der Waals surface area contributed by atoms with Gasteiger partial charge in [0.2, 0.25) is 5.91 Å². The van der Waals surface area contributed by atoms with Gasteiger partial charge < -0.3 is 16.2 Å². The Morgan fingerprint density at radius 1 is 1.05 bits per heavy atom. The molecule has 0 saturated carbocycles. The zero-order valence-corrected chi connectivity index (χ0v) is 11.2. The summed E-state index contributed by atoms with van der Waals surface area (Å²) in [5, 5.41) is 0. The molecule has 21 heavy (non-hydrogen) atoms. The molecule has 0 saturated heterocycles. The molecule has 2 aromatic rings. The van der Waals surface area contributed by atoms with Crippen molar-refractivity contribution >= 4 is 11.8 Å². The lowest BCUT2D eigenvalue weighted by atomic mass is 9.90. The first kappa shape index (κ1) is 13.2. The maximum absolute atomic E-state index is 11.6. The minimum atomic E-state index is -0.636. The Bertz CT molecular complexity index is 726. The highest BCUT2D eigenvalue weighted by molar-refractivity contribution is 6.01. The van der Waals surface area contributed by atoms with Gasteiger partial charge in [0.15, 0.2) is 0 Å². The molecular weight excluding hydrogens is 268 g/mol. The number of primary amides is 2. The SMILES string of the molecule is NC(=O)c1cc(C(N)=O)c2c(c1)C(c1ccccc1)CO2. The summed E-state index contributed by atoms with van der Waals surface area (Å²) in [4.78, 5) is 23.0. The average molecular weight is 282 g/mol. The zero-order valence-electron chi connectivity index (χ0n) is 11.2. The molecule has 1 aliphatic rings. The van der Waals surface area contributed by atoms with E-state index in [2.05, 4.69) is 0 Å². The summed E-state index contributed by atoms with van der Waals surface area (Å²) in [5.74, 6) is -0.831. The van der Waals surface area contributed by atoms with Crippen molar-refractivity contribution < 1.29 is 14.3 Å². The van der Waals surface area contributed by atoms with E-state index in [9.17, 15) is 9.59 Å². The number of fused-ring (bicyclic) bond motifs is 1. The molecule has 1 atom stereocenters. The Hall–Kier alpha value is -2.82. The molecule has 1 heterocycles. The fraction of sp³-hybridized carbons (Fsp3) is 0.125. The summed E-state index contributed by atoms with van der Waals surface area (Å²) in [7, 11) is 0. The molecular formula is C16H14N2O3. The van der Waals surface area contributed by atoms with Gasteiger partial charge in [-0.3, -0.25) is 9.59 Å². The highest BCUT2D eigenvalue weighted by atomic mass is 16.5. The third-order valence-electron chi connectivity index (χ3n) is 3.64. The molecule has 1 aliphatic heterocycles. The van der Waals surface area contributed by atoms with Crippen LogP contribution in [-0.4, -0.2) is 18.4 Å². The number of benzene rings is 2. The van der Waals surface area contributed by atoms with Crippen molar-refractivity contribution in [3.05, 3.63) is 64.7 Å². The summed E-state index contributed by atoms with van der Waals surface area (Å²) in [6.07, 6.45) is 0. The molecule has 0 aromatic heterocycles. The summed E-state index contributed by atoms with van der Waals surface area (Å²) >= 11 is 0. The van der Waals surface area contributed by atoms with Crippen LogP contribution < -0.4 is 16.2 Å². The second kappa shape index (κ2) is 4.94. The smallest absolute Gasteiger partial charge is 0.252 e. The molecule has 106 valence electrons. The third-order valence-corrected chi connectivity index (χ3v) is 3.64. The van der Waals surface area contributed by atoms with Crippen molar-refractivity contribution in [2.45, 2.75) is 5.92 Å². The molecule has 0 aliphatic carbocycles. The van der Waals surface area contributed by atoms with Gasteiger partial charge >= 0.3 is 0 Å². The largest absolute Gasteiger partial charge is 0.491 e. The van der Waals surface area contributed by atoms with Gasteiger partial charge in [-0.25, -0.2) is 0 Å². The van der Waals surface area contributed by atoms with Crippen LogP contribution in [0.2, 0.25) is 0 Å². The number of hydrogen-bond donors (Lipinski definition) is 2. The molecule has 5 heteroatoms. The average Bonchev–Trinajstić information content (AvgIpc) is 2.90. The molecule has 0 radical (unpaired) electrons. The Balaban J connectivity index is 2.17. The first-order chi connectivity index (χ1) is 10.1. The van der Waals surface area contributed by atoms with Crippen LogP contribution >= 0.6 is 0 Å². The predicted octanol–water partition coefficient (Wildman–Crippen LogP) is 1.41. The lowest BCUT2D eigenvalue weighted by Crippen LogP contribution is -2.16. The van der Waals surface area contributed by atoms with Crippen molar-refractivity contribution in [2.75, 3.05) is 6.61 Å². The van der Waals surface area contributed by atoms with Gasteiger partial charge in [0, 0.05) is 17.0 Å². The summed E-state index contributed by atoms with van der Waals surface area (Å²) in [6, 6.07) is 12.8. The predicted molar refractivity (Wildman–Crippen MR) is 77.3 cm³/mol. The molecule has 3 rings (SSSR count). The van der Waals surface area contributed by atoms with Crippen LogP contribution in [0.4, 0.5) is 0 Å². The molecule has 2 amide bonds. The molecule has 0 spiro atoms. The monoisotopic (exact) mass is 282 g/mol. The molecule has 0 fully saturated rings. The van der Waals surface area contributed by atoms with Crippen LogP contribution in [0.3, 0.4) is 0 Å². The van der Waals surface area contributed by atoms with Gasteiger partial charge in [-0.05, 0) is 17.7 Å². The summed E-state index contributed by atoms with van der Waals surface area (Å²) in [5.41, 5.74) is 13.0. The number of nitrogens with two attached hydrogens (primary N) is 2. The standard InChI is InChI=1S/C16H14N2O3/c17-15(19)10-6-11-13(9-4-2-1-3-5-9)8-21-14(11)12(7-10)16(18)20/h1-7,13H,8H2,(H2,17,19)(H2,18,20). The number of hydrogen-bond acceptors (Lipinski definition) is 3. The lowest BCUT2D eigenvalue weighted by Gasteiger charge is -2.10. The van der Waals surface area contributed by atoms with Crippen molar-refractivity contribution in [1.29, 1.82) is 0 Å². The maximum Gasteiger partial charge on any atom is 0.252 e. The van der Waals surface area contributed by atoms with E-state index in [0.717, 1.165) is 11.1 Å². The maximum atomic E-state index is 11.6. The summed E-state index contributed by atoms with van der Waals surface area (Å²) in [6.45, 7) is 0.405. The number of ether oxygens (including phenoxy) is 1. The van der Waals surface area contributed by atoms with E-state index in [1.807, 2.05) is 30.3 Å². The molecule has 1 unspecified atom stereocenters. The highest BCUT2D eigenvalue weighted by Crippen LogP contribution is 2.41. The van der Waals surface area contributed by atoms with Crippen molar-refractivity contribution in [1.82, 2.24) is 0 Å². The molecule has 4 N–H and O–H groups in total. The van der Waals surface area contributed by atoms with Crippen molar-refractivity contribution in [3.8, 4) is 5.75 Å². The number of amides is 2. The Morgan fingerprint density at radius 2 is 1.76 bits per heavy atom. The normalized spacial score (nSPS) is 16.1. The van der Waals surface area contributed by atoms with Gasteiger partial charge in [-0.2, -0.15) is 0 Å². The van der Waals surface area contributed by atoms with E-state index in [-0.39, 0.29) is 17.0 Å². The lowest BCUT2D eigenvalue weighted by molar-refractivity contribution is 0.0996. The Kier molecular flexibility index (Phi) is 3.10. The van der Waals surface area contributed by atoms with Crippen LogP contribution in [0.15, 0.2) is 42.5 Å². The van der Waals surface area contributed by atoms with Crippen LogP contribution in [0.1, 0.15) is 37.8 Å². The van der Waals surface area contributed by atoms with E-state index < -0.39 is 11.8 Å². The minimum absolute atomic E-state index is 0.0430. The van der Waals surface area contributed by atoms with E-state index in [4.69, 9.17) is 16.2 Å². The van der Waals surface area contributed by atoms with Gasteiger partial charge in [0.25, 0.3) is 5.91 Å². The second-order valence-electron chi connectivity index (χ2n) is 4.94. The first-order valence-corrected chi connectivity index (χ1v) is 6.53. The van der Waals surface area contributed by atoms with Crippen LogP contribution in [0.25, 0.3) is 0 Å². The molecule has 2 aromatic carbocycles. The van der Waals surface area contributed by atoms with E-state index in [1.165, 1.54) is 6.07 Å². The fourth-order valence-electron chi connectivity index (χ4n) is 2.61. The van der Waals surface area contributed by atoms with Crippen LogP contribution in [0, 0.1) is 0 Å². The molecule has 0 bridgehead atoms. The summed E-state index contributed by atoms with van der Waals surface area (Å²) < 4.78 is 5.64. The molecule has 5 nitrogen and oxygen atoms in total. The fourth-order valence-corrected chi connectivity index (χ4v) is 2.61. The van der Waals surface area contributed by atoms with Gasteiger partial charge in [0.05, 0.1) is 12.2 Å². The number of carbonyl (C=O) groups is 2. The van der Waals surface area contributed by atoms with E-state index >= 15 is 0 Å². The van der Waals surface area contributed by atoms with E-state index in [0.29, 0.717) is 12.4 Å². The zero-order chi connectivity index (χ0) is 15.0. The number of carbonyl (C=O) groups excluding carboxylic acids is 2. The Morgan fingerprint density at radius 3 is 2.38 bits per heavy atom. The first-order valence-electron chi connectivity index (χ1n) is 6.53. The van der Waals surface area contributed by atoms with Gasteiger partial charge in [-0.1, -0.05) is 30.3 Å². The van der Waals surface area contributed by atoms with Gasteiger partial charge in [0.1, 0.15) is 5.75 Å². The topological polar surface area (TPSA) is 95.4 Å². The van der Waals surface area contributed by atoms with Crippen LogP contribution in [0.5, 0.6) is 5.75 Å². The van der Waals surface area contributed by atoms with Crippen molar-refractivity contribution in [3.63, 3.8) is 0 Å². The quantitative estimate of drug-likeness (QED) is 0.890. The van der Waals surface area contributed by atoms with Crippen molar-refractivity contribution in [2.24, 2.45) is 11.5 Å². The highest BCUT2D eigenvalue weighted by Gasteiger charge is 2.30. The van der Waals surface area contributed by atoms with Gasteiger partial charge in [-0.15, -0.1) is 0 Å². The van der Waals surface area contributed by atoms with E-state index in [1.54, 1.807) is 6.07 Å².